The largest absolute Gasteiger partial charge is 0.338 e. The number of benzene rings is 3. The van der Waals surface area contributed by atoms with Crippen LogP contribution in [0.5, 0.6) is 0 Å². The van der Waals surface area contributed by atoms with Crippen molar-refractivity contribution in [1.29, 1.82) is 0 Å². The van der Waals surface area contributed by atoms with E-state index in [1.54, 1.807) is 0 Å². The molecule has 1 N–H and O–H groups in total. The third-order valence-corrected chi connectivity index (χ3v) is 4.65. The first kappa shape index (κ1) is 16.6. The molecule has 3 aromatic carbocycles. The molecule has 1 aromatic heterocycles. The van der Waals surface area contributed by atoms with E-state index < -0.39 is 0 Å². The summed E-state index contributed by atoms with van der Waals surface area (Å²) < 4.78 is 0. The van der Waals surface area contributed by atoms with Gasteiger partial charge < -0.3 is 4.98 Å². The molecule has 0 unspecified atom stereocenters. The van der Waals surface area contributed by atoms with Gasteiger partial charge in [0.1, 0.15) is 11.6 Å². The fourth-order valence-electron chi connectivity index (χ4n) is 3.06. The number of para-hydroxylation sites is 2. The number of hydrogen-bond acceptors (Lipinski definition) is 2. The van der Waals surface area contributed by atoms with Gasteiger partial charge in [-0.1, -0.05) is 60.1 Å². The lowest BCUT2D eigenvalue weighted by molar-refractivity contribution is -0.117. The Labute approximate surface area is 156 Å². The third kappa shape index (κ3) is 3.53. The van der Waals surface area contributed by atoms with Crippen LogP contribution in [0.2, 0.25) is 5.02 Å². The Morgan fingerprint density at radius 3 is 2.42 bits per heavy atom. The number of aromatic amines is 1. The molecule has 0 fully saturated rings. The molecule has 26 heavy (non-hydrogen) atoms. The van der Waals surface area contributed by atoms with Gasteiger partial charge in [0.25, 0.3) is 0 Å². The number of fused-ring (bicyclic) bond motifs is 1. The lowest BCUT2D eigenvalue weighted by Gasteiger charge is -2.06. The molecule has 0 saturated heterocycles. The highest BCUT2D eigenvalue weighted by Gasteiger charge is 2.12. The number of carbonyl (C=O) groups is 1. The van der Waals surface area contributed by atoms with Crippen LogP contribution < -0.4 is 0 Å². The predicted octanol–water partition coefficient (Wildman–Crippen LogP) is 5.24. The molecule has 4 heteroatoms. The van der Waals surface area contributed by atoms with Crippen LogP contribution >= 0.6 is 11.6 Å². The molecule has 4 rings (SSSR count). The van der Waals surface area contributed by atoms with E-state index in [0.29, 0.717) is 23.7 Å². The summed E-state index contributed by atoms with van der Waals surface area (Å²) in [7, 11) is 0. The lowest BCUT2D eigenvalue weighted by Crippen LogP contribution is -2.06. The van der Waals surface area contributed by atoms with E-state index in [9.17, 15) is 4.79 Å². The fraction of sp³-hybridized carbons (Fsp3) is 0.0909. The second-order valence-corrected chi connectivity index (χ2v) is 6.70. The number of halogens is 1. The summed E-state index contributed by atoms with van der Waals surface area (Å²) in [5.74, 6) is 0.891. The Hall–Kier alpha value is -2.91. The van der Waals surface area contributed by atoms with Crippen LogP contribution in [0.4, 0.5) is 0 Å². The molecule has 0 saturated carbocycles. The average Bonchev–Trinajstić information content (AvgIpc) is 3.08. The zero-order chi connectivity index (χ0) is 17.9. The normalized spacial score (nSPS) is 11.0. The van der Waals surface area contributed by atoms with Crippen molar-refractivity contribution in [2.75, 3.05) is 0 Å². The van der Waals surface area contributed by atoms with Gasteiger partial charge in [0, 0.05) is 18.4 Å². The molecular weight excluding hydrogens is 344 g/mol. The van der Waals surface area contributed by atoms with Crippen LogP contribution in [0, 0.1) is 0 Å². The van der Waals surface area contributed by atoms with Gasteiger partial charge in [-0.05, 0) is 35.4 Å². The molecule has 0 spiro atoms. The van der Waals surface area contributed by atoms with Gasteiger partial charge >= 0.3 is 0 Å². The van der Waals surface area contributed by atoms with E-state index in [-0.39, 0.29) is 5.78 Å². The Morgan fingerprint density at radius 1 is 0.885 bits per heavy atom. The van der Waals surface area contributed by atoms with Crippen LogP contribution in [0.1, 0.15) is 11.1 Å². The maximum absolute atomic E-state index is 12.4. The first-order chi connectivity index (χ1) is 12.7. The minimum atomic E-state index is 0.175. The fourth-order valence-corrected chi connectivity index (χ4v) is 3.26. The molecule has 0 radical (unpaired) electrons. The second kappa shape index (κ2) is 7.14. The maximum Gasteiger partial charge on any atom is 0.141 e. The maximum atomic E-state index is 12.4. The zero-order valence-electron chi connectivity index (χ0n) is 14.1. The summed E-state index contributed by atoms with van der Waals surface area (Å²) >= 11 is 6.38. The van der Waals surface area contributed by atoms with Crippen LogP contribution in [0.25, 0.3) is 22.4 Å². The number of nitrogens with zero attached hydrogens (tertiary/aromatic N) is 1. The van der Waals surface area contributed by atoms with Crippen molar-refractivity contribution in [2.45, 2.75) is 12.8 Å². The molecule has 128 valence electrons. The number of aromatic nitrogens is 2. The van der Waals surface area contributed by atoms with Gasteiger partial charge in [-0.2, -0.15) is 0 Å². The molecule has 0 aliphatic carbocycles. The molecule has 3 nitrogen and oxygen atoms in total. The van der Waals surface area contributed by atoms with Crippen LogP contribution in [-0.2, 0) is 17.6 Å². The number of ketones is 1. The highest BCUT2D eigenvalue weighted by atomic mass is 35.5. The van der Waals surface area contributed by atoms with Gasteiger partial charge in [0.05, 0.1) is 16.1 Å². The van der Waals surface area contributed by atoms with Crippen molar-refractivity contribution in [3.05, 3.63) is 88.9 Å². The minimum Gasteiger partial charge on any atom is -0.338 e. The van der Waals surface area contributed by atoms with Crippen molar-refractivity contribution in [3.63, 3.8) is 0 Å². The third-order valence-electron chi connectivity index (χ3n) is 4.32. The van der Waals surface area contributed by atoms with E-state index in [1.807, 2.05) is 72.8 Å². The summed E-state index contributed by atoms with van der Waals surface area (Å²) in [5.41, 5.74) is 4.64. The Kier molecular flexibility index (Phi) is 4.55. The van der Waals surface area contributed by atoms with Crippen molar-refractivity contribution >= 4 is 28.4 Å². The topological polar surface area (TPSA) is 45.8 Å². The van der Waals surface area contributed by atoms with Crippen molar-refractivity contribution in [3.8, 4) is 11.4 Å². The SMILES string of the molecule is O=C(Cc1ccccc1)Cc1ccc(Cl)c(-c2nc3ccccc3[nH]2)c1. The van der Waals surface area contributed by atoms with E-state index in [0.717, 1.165) is 27.7 Å². The molecule has 0 aliphatic heterocycles. The van der Waals surface area contributed by atoms with Gasteiger partial charge in [-0.15, -0.1) is 0 Å². The second-order valence-electron chi connectivity index (χ2n) is 6.29. The number of H-pyrrole nitrogens is 1. The molecule has 0 amide bonds. The Morgan fingerprint density at radius 2 is 1.62 bits per heavy atom. The zero-order valence-corrected chi connectivity index (χ0v) is 14.8. The van der Waals surface area contributed by atoms with Crippen LogP contribution in [0.3, 0.4) is 0 Å². The highest BCUT2D eigenvalue weighted by Crippen LogP contribution is 2.28. The number of carbonyl (C=O) groups excluding carboxylic acids is 1. The monoisotopic (exact) mass is 360 g/mol. The summed E-state index contributed by atoms with van der Waals surface area (Å²) in [6.45, 7) is 0. The number of nitrogens with one attached hydrogen (secondary N) is 1. The van der Waals surface area contributed by atoms with Gasteiger partial charge in [-0.3, -0.25) is 4.79 Å². The van der Waals surface area contributed by atoms with E-state index in [2.05, 4.69) is 9.97 Å². The number of imidazole rings is 1. The molecule has 0 aliphatic rings. The van der Waals surface area contributed by atoms with Gasteiger partial charge in [0.2, 0.25) is 0 Å². The smallest absolute Gasteiger partial charge is 0.141 e. The lowest BCUT2D eigenvalue weighted by atomic mass is 10.0. The van der Waals surface area contributed by atoms with Crippen molar-refractivity contribution < 1.29 is 4.79 Å². The summed E-state index contributed by atoms with van der Waals surface area (Å²) in [5, 5.41) is 0.614. The van der Waals surface area contributed by atoms with Gasteiger partial charge in [0.15, 0.2) is 0 Å². The molecule has 0 atom stereocenters. The minimum absolute atomic E-state index is 0.175. The van der Waals surface area contributed by atoms with Crippen LogP contribution in [0.15, 0.2) is 72.8 Å². The quantitative estimate of drug-likeness (QED) is 0.529. The summed E-state index contributed by atoms with van der Waals surface area (Å²) in [4.78, 5) is 20.3. The molecule has 4 aromatic rings. The summed E-state index contributed by atoms with van der Waals surface area (Å²) in [6, 6.07) is 23.3. The molecule has 1 heterocycles. The molecular formula is C22H17ClN2O. The van der Waals surface area contributed by atoms with Crippen LogP contribution in [-0.4, -0.2) is 15.8 Å². The Balaban J connectivity index is 1.59. The average molecular weight is 361 g/mol. The van der Waals surface area contributed by atoms with Crippen molar-refractivity contribution in [2.24, 2.45) is 0 Å². The summed E-state index contributed by atoms with van der Waals surface area (Å²) in [6.07, 6.45) is 0.808. The van der Waals surface area contributed by atoms with E-state index in [4.69, 9.17) is 11.6 Å². The highest BCUT2D eigenvalue weighted by molar-refractivity contribution is 6.33. The Bertz CT molecular complexity index is 1040. The van der Waals surface area contributed by atoms with Crippen molar-refractivity contribution in [1.82, 2.24) is 9.97 Å². The standard InChI is InChI=1S/C22H17ClN2O/c23-19-11-10-16(13-17(26)12-15-6-2-1-3-7-15)14-18(19)22-24-20-8-4-5-9-21(20)25-22/h1-11,14H,12-13H2,(H,24,25). The predicted molar refractivity (Wildman–Crippen MR) is 105 cm³/mol. The van der Waals surface area contributed by atoms with E-state index >= 15 is 0 Å². The van der Waals surface area contributed by atoms with E-state index in [1.165, 1.54) is 0 Å². The number of Topliss-reactive ketones (excluding diaryl/α,β-unsaturated/α-hetero) is 1. The number of hydrogen-bond donors (Lipinski definition) is 1. The number of rotatable bonds is 5. The first-order valence-electron chi connectivity index (χ1n) is 8.48. The van der Waals surface area contributed by atoms with Gasteiger partial charge in [-0.25, -0.2) is 4.98 Å². The molecule has 0 bridgehead atoms. The first-order valence-corrected chi connectivity index (χ1v) is 8.86.